The molecule has 1 N–H and O–H groups in total. The van der Waals surface area contributed by atoms with Crippen molar-refractivity contribution in [2.45, 2.75) is 5.92 Å². The van der Waals surface area contributed by atoms with E-state index in [-0.39, 0.29) is 5.92 Å². The number of benzene rings is 2. The summed E-state index contributed by atoms with van der Waals surface area (Å²) in [5, 5.41) is 6.85. The van der Waals surface area contributed by atoms with Gasteiger partial charge in [-0.3, -0.25) is 0 Å². The van der Waals surface area contributed by atoms with Gasteiger partial charge in [0.15, 0.2) is 0 Å². The highest BCUT2D eigenvalue weighted by molar-refractivity contribution is 9.10. The summed E-state index contributed by atoms with van der Waals surface area (Å²) >= 11 is 5.11. The summed E-state index contributed by atoms with van der Waals surface area (Å²) in [7, 11) is 0. The predicted octanol–water partition coefficient (Wildman–Crippen LogP) is 6.06. The van der Waals surface area contributed by atoms with Gasteiger partial charge in [0, 0.05) is 22.3 Å². The standard InChI is InChI=1S/C22H18BrNO2S/c23-21-14-27-13-15(21)6-5-11-24-22(25)26-12-20-18-9-3-1-7-16(18)17-8-2-4-10-19(17)20/h1-10,13-14,20H,11-12H2,(H,24,25). The molecule has 1 amide bonds. The van der Waals surface area contributed by atoms with Crippen LogP contribution in [0.3, 0.4) is 0 Å². The quantitative estimate of drug-likeness (QED) is 0.524. The van der Waals surface area contributed by atoms with Crippen LogP contribution in [0.25, 0.3) is 17.2 Å². The van der Waals surface area contributed by atoms with Crippen LogP contribution < -0.4 is 5.32 Å². The highest BCUT2D eigenvalue weighted by atomic mass is 79.9. The first-order valence-electron chi connectivity index (χ1n) is 8.71. The van der Waals surface area contributed by atoms with E-state index < -0.39 is 6.09 Å². The number of carbonyl (C=O) groups excluding carboxylic acids is 1. The van der Waals surface area contributed by atoms with E-state index in [1.165, 1.54) is 22.3 Å². The number of ether oxygens (including phenoxy) is 1. The number of hydrogen-bond acceptors (Lipinski definition) is 3. The van der Waals surface area contributed by atoms with Gasteiger partial charge in [-0.1, -0.05) is 60.7 Å². The number of fused-ring (bicyclic) bond motifs is 3. The van der Waals surface area contributed by atoms with E-state index in [0.717, 1.165) is 10.0 Å². The number of rotatable bonds is 5. The van der Waals surface area contributed by atoms with Crippen molar-refractivity contribution in [2.75, 3.05) is 13.2 Å². The molecule has 1 aromatic heterocycles. The Kier molecular flexibility index (Phi) is 5.41. The Morgan fingerprint density at radius 1 is 1.07 bits per heavy atom. The maximum absolute atomic E-state index is 12.1. The Balaban J connectivity index is 1.35. The van der Waals surface area contributed by atoms with Crippen molar-refractivity contribution >= 4 is 39.4 Å². The Labute approximate surface area is 170 Å². The van der Waals surface area contributed by atoms with E-state index in [1.54, 1.807) is 11.3 Å². The molecule has 0 saturated carbocycles. The van der Waals surface area contributed by atoms with Crippen LogP contribution in [-0.2, 0) is 4.74 Å². The molecule has 0 atom stereocenters. The Hall–Kier alpha value is -2.37. The van der Waals surface area contributed by atoms with Gasteiger partial charge in [-0.25, -0.2) is 4.79 Å². The molecule has 1 aliphatic carbocycles. The molecule has 0 fully saturated rings. The van der Waals surface area contributed by atoms with Crippen LogP contribution in [0.15, 0.2) is 69.8 Å². The highest BCUT2D eigenvalue weighted by Crippen LogP contribution is 2.44. The Morgan fingerprint density at radius 3 is 2.37 bits per heavy atom. The molecular weight excluding hydrogens is 422 g/mol. The first-order valence-corrected chi connectivity index (χ1v) is 10.4. The van der Waals surface area contributed by atoms with Gasteiger partial charge in [-0.05, 0) is 49.1 Å². The zero-order chi connectivity index (χ0) is 18.6. The lowest BCUT2D eigenvalue weighted by molar-refractivity contribution is 0.144. The zero-order valence-electron chi connectivity index (χ0n) is 14.5. The average Bonchev–Trinajstić information content (AvgIpc) is 3.25. The first-order chi connectivity index (χ1) is 13.2. The van der Waals surface area contributed by atoms with E-state index in [9.17, 15) is 4.79 Å². The minimum Gasteiger partial charge on any atom is -0.449 e. The third kappa shape index (κ3) is 3.84. The normalized spacial score (nSPS) is 12.8. The van der Waals surface area contributed by atoms with Crippen LogP contribution in [0.4, 0.5) is 4.79 Å². The molecule has 3 aromatic rings. The fraction of sp³-hybridized carbons (Fsp3) is 0.136. The number of alkyl carbamates (subject to hydrolysis) is 1. The number of carbonyl (C=O) groups is 1. The lowest BCUT2D eigenvalue weighted by atomic mass is 9.98. The van der Waals surface area contributed by atoms with Gasteiger partial charge in [-0.2, -0.15) is 11.3 Å². The summed E-state index contributed by atoms with van der Waals surface area (Å²) in [6.07, 6.45) is 3.49. The second-order valence-corrected chi connectivity index (χ2v) is 7.88. The number of thiophene rings is 1. The molecule has 27 heavy (non-hydrogen) atoms. The molecule has 136 valence electrons. The average molecular weight is 440 g/mol. The van der Waals surface area contributed by atoms with Crippen molar-refractivity contribution < 1.29 is 9.53 Å². The molecular formula is C22H18BrNO2S. The van der Waals surface area contributed by atoms with E-state index >= 15 is 0 Å². The molecule has 0 spiro atoms. The number of nitrogens with one attached hydrogen (secondary N) is 1. The van der Waals surface area contributed by atoms with Crippen LogP contribution in [0, 0.1) is 0 Å². The van der Waals surface area contributed by atoms with Gasteiger partial charge in [0.25, 0.3) is 0 Å². The van der Waals surface area contributed by atoms with E-state index in [4.69, 9.17) is 4.74 Å². The summed E-state index contributed by atoms with van der Waals surface area (Å²) in [5.74, 6) is 0.0838. The summed E-state index contributed by atoms with van der Waals surface area (Å²) < 4.78 is 6.57. The lowest BCUT2D eigenvalue weighted by Gasteiger charge is -2.14. The molecule has 3 nitrogen and oxygen atoms in total. The maximum Gasteiger partial charge on any atom is 0.407 e. The molecule has 1 heterocycles. The van der Waals surface area contributed by atoms with Crippen molar-refractivity contribution in [1.82, 2.24) is 5.32 Å². The highest BCUT2D eigenvalue weighted by Gasteiger charge is 2.28. The predicted molar refractivity (Wildman–Crippen MR) is 114 cm³/mol. The fourth-order valence-electron chi connectivity index (χ4n) is 3.39. The lowest BCUT2D eigenvalue weighted by Crippen LogP contribution is -2.26. The maximum atomic E-state index is 12.1. The van der Waals surface area contributed by atoms with Crippen LogP contribution in [0.2, 0.25) is 0 Å². The Bertz CT molecular complexity index is 950. The number of halogens is 1. The summed E-state index contributed by atoms with van der Waals surface area (Å²) in [5.41, 5.74) is 5.99. The van der Waals surface area contributed by atoms with Crippen molar-refractivity contribution in [2.24, 2.45) is 0 Å². The second kappa shape index (κ2) is 8.11. The third-order valence-corrected chi connectivity index (χ3v) is 6.40. The van der Waals surface area contributed by atoms with Gasteiger partial charge in [0.2, 0.25) is 0 Å². The topological polar surface area (TPSA) is 38.3 Å². The summed E-state index contributed by atoms with van der Waals surface area (Å²) in [6.45, 7) is 0.763. The van der Waals surface area contributed by atoms with E-state index in [1.807, 2.05) is 47.2 Å². The third-order valence-electron chi connectivity index (χ3n) is 4.65. The molecule has 0 aliphatic heterocycles. The largest absolute Gasteiger partial charge is 0.449 e. The van der Waals surface area contributed by atoms with Crippen LogP contribution in [0.5, 0.6) is 0 Å². The van der Waals surface area contributed by atoms with E-state index in [2.05, 4.69) is 45.5 Å². The van der Waals surface area contributed by atoms with Crippen LogP contribution in [-0.4, -0.2) is 19.2 Å². The second-order valence-electron chi connectivity index (χ2n) is 6.28. The molecule has 0 unspecified atom stereocenters. The van der Waals surface area contributed by atoms with Gasteiger partial charge < -0.3 is 10.1 Å². The van der Waals surface area contributed by atoms with Gasteiger partial charge in [0.1, 0.15) is 6.61 Å². The van der Waals surface area contributed by atoms with Crippen LogP contribution in [0.1, 0.15) is 22.6 Å². The molecule has 0 saturated heterocycles. The van der Waals surface area contributed by atoms with Gasteiger partial charge in [-0.15, -0.1) is 0 Å². The molecule has 4 rings (SSSR count). The SMILES string of the molecule is O=C(NCC=Cc1cscc1Br)OCC1c2ccccc2-c2ccccc21. The number of hydrogen-bond donors (Lipinski definition) is 1. The molecule has 0 bridgehead atoms. The van der Waals surface area contributed by atoms with Gasteiger partial charge >= 0.3 is 6.09 Å². The molecule has 1 aliphatic rings. The Morgan fingerprint density at radius 2 is 1.74 bits per heavy atom. The van der Waals surface area contributed by atoms with Crippen molar-refractivity contribution in [3.8, 4) is 11.1 Å². The number of amides is 1. The van der Waals surface area contributed by atoms with Crippen molar-refractivity contribution in [1.29, 1.82) is 0 Å². The summed E-state index contributed by atoms with van der Waals surface area (Å²) in [6, 6.07) is 16.6. The molecule has 2 aromatic carbocycles. The van der Waals surface area contributed by atoms with E-state index in [0.29, 0.717) is 13.2 Å². The van der Waals surface area contributed by atoms with Crippen molar-refractivity contribution in [3.63, 3.8) is 0 Å². The summed E-state index contributed by atoms with van der Waals surface area (Å²) in [4.78, 5) is 12.1. The van der Waals surface area contributed by atoms with Gasteiger partial charge in [0.05, 0.1) is 0 Å². The van der Waals surface area contributed by atoms with Crippen LogP contribution >= 0.6 is 27.3 Å². The smallest absolute Gasteiger partial charge is 0.407 e. The minimum absolute atomic E-state index is 0.0838. The first kappa shape index (κ1) is 18.0. The minimum atomic E-state index is -0.397. The van der Waals surface area contributed by atoms with Crippen molar-refractivity contribution in [3.05, 3.63) is 86.5 Å². The zero-order valence-corrected chi connectivity index (χ0v) is 16.9. The monoisotopic (exact) mass is 439 g/mol. The molecule has 0 radical (unpaired) electrons. The fourth-order valence-corrected chi connectivity index (χ4v) is 4.79. The molecule has 5 heteroatoms.